The fourth-order valence-electron chi connectivity index (χ4n) is 2.15. The monoisotopic (exact) mass is 376 g/mol. The van der Waals surface area contributed by atoms with Crippen molar-refractivity contribution >= 4 is 5.52 Å². The molecule has 3 rings (SSSR count). The van der Waals surface area contributed by atoms with E-state index in [2.05, 4.69) is 20.0 Å². The van der Waals surface area contributed by atoms with Crippen molar-refractivity contribution in [1.29, 1.82) is 0 Å². The summed E-state index contributed by atoms with van der Waals surface area (Å²) in [5.41, 5.74) is -0.0508. The topological polar surface area (TPSA) is 52.3 Å². The van der Waals surface area contributed by atoms with Crippen LogP contribution in [0.3, 0.4) is 0 Å². The molecule has 0 amide bonds. The lowest BCUT2D eigenvalue weighted by atomic mass is 10.1. The number of alkyl halides is 5. The molecule has 5 nitrogen and oxygen atoms in total. The van der Waals surface area contributed by atoms with E-state index in [4.69, 9.17) is 0 Å². The van der Waals surface area contributed by atoms with E-state index in [0.29, 0.717) is 5.56 Å². The zero-order valence-corrected chi connectivity index (χ0v) is 13.0. The van der Waals surface area contributed by atoms with Crippen molar-refractivity contribution in [3.8, 4) is 17.0 Å². The van der Waals surface area contributed by atoms with Crippen LogP contribution in [0.2, 0.25) is 0 Å². The Balaban J connectivity index is 1.94. The van der Waals surface area contributed by atoms with E-state index in [1.807, 2.05) is 0 Å². The Labute approximate surface area is 142 Å². The van der Waals surface area contributed by atoms with Gasteiger partial charge in [0.2, 0.25) is 0 Å². The fraction of sp³-hybridized carbons (Fsp3) is 0.267. The maximum absolute atomic E-state index is 14.0. The van der Waals surface area contributed by atoms with Crippen molar-refractivity contribution in [3.05, 3.63) is 42.1 Å². The maximum atomic E-state index is 14.0. The van der Waals surface area contributed by atoms with Crippen LogP contribution in [0.5, 0.6) is 5.88 Å². The van der Waals surface area contributed by atoms with Crippen LogP contribution in [-0.4, -0.2) is 32.1 Å². The van der Waals surface area contributed by atoms with Crippen LogP contribution in [0.15, 0.2) is 30.6 Å². The van der Waals surface area contributed by atoms with Gasteiger partial charge in [-0.05, 0) is 30.7 Å². The van der Waals surface area contributed by atoms with Crippen molar-refractivity contribution < 1.29 is 31.1 Å². The van der Waals surface area contributed by atoms with Gasteiger partial charge in [0, 0.05) is 18.0 Å². The molecular weight excluding hydrogens is 366 g/mol. The molecule has 0 saturated heterocycles. The van der Waals surface area contributed by atoms with E-state index >= 15 is 0 Å². The molecule has 0 aliphatic carbocycles. The molecule has 0 fully saturated rings. The van der Waals surface area contributed by atoms with Crippen LogP contribution in [-0.2, 0) is 0 Å². The SMILES string of the molecule is C[C@@H](Oc1ncc(-c2ccn3nnc(C(F)F)c3c2)cc1F)C(F)(F)F. The summed E-state index contributed by atoms with van der Waals surface area (Å²) < 4.78 is 82.9. The van der Waals surface area contributed by atoms with Crippen molar-refractivity contribution in [3.63, 3.8) is 0 Å². The Hall–Kier alpha value is -2.85. The van der Waals surface area contributed by atoms with Gasteiger partial charge in [0.1, 0.15) is 0 Å². The van der Waals surface area contributed by atoms with Crippen LogP contribution >= 0.6 is 0 Å². The molecule has 3 aromatic heterocycles. The number of fused-ring (bicyclic) bond motifs is 1. The minimum absolute atomic E-state index is 0.0175. The van der Waals surface area contributed by atoms with Gasteiger partial charge in [-0.25, -0.2) is 22.7 Å². The van der Waals surface area contributed by atoms with Gasteiger partial charge in [-0.3, -0.25) is 0 Å². The highest BCUT2D eigenvalue weighted by Crippen LogP contribution is 2.29. The van der Waals surface area contributed by atoms with Crippen LogP contribution in [0, 0.1) is 5.82 Å². The average Bonchev–Trinajstić information content (AvgIpc) is 2.99. The summed E-state index contributed by atoms with van der Waals surface area (Å²) in [6, 6.07) is 3.66. The third-order valence-corrected chi connectivity index (χ3v) is 3.54. The van der Waals surface area contributed by atoms with Crippen LogP contribution in [0.4, 0.5) is 26.3 Å². The van der Waals surface area contributed by atoms with Gasteiger partial charge in [0.05, 0.1) is 5.52 Å². The standard InChI is InChI=1S/C15H10F6N4O/c1-7(15(19,20)21)26-14-10(16)4-9(6-22-14)8-2-3-25-11(5-8)12(13(17)18)23-24-25/h2-7,13H,1H3/t7-/m1/s1. The fourth-order valence-corrected chi connectivity index (χ4v) is 2.15. The number of hydrogen-bond donors (Lipinski definition) is 0. The maximum Gasteiger partial charge on any atom is 0.425 e. The largest absolute Gasteiger partial charge is 0.463 e. The number of ether oxygens (including phenoxy) is 1. The number of pyridine rings is 2. The summed E-state index contributed by atoms with van der Waals surface area (Å²) in [5, 5.41) is 6.90. The molecule has 0 aromatic carbocycles. The molecule has 0 spiro atoms. The molecule has 26 heavy (non-hydrogen) atoms. The number of hydrogen-bond acceptors (Lipinski definition) is 4. The number of halogens is 6. The molecule has 11 heteroatoms. The predicted octanol–water partition coefficient (Wildman–Crippen LogP) is 4.20. The van der Waals surface area contributed by atoms with Gasteiger partial charge in [0.15, 0.2) is 17.6 Å². The smallest absolute Gasteiger partial charge is 0.425 e. The summed E-state index contributed by atoms with van der Waals surface area (Å²) in [6.07, 6.45) is -7.33. The Kier molecular flexibility index (Phi) is 4.46. The molecule has 0 aliphatic heterocycles. The molecule has 0 bridgehead atoms. The van der Waals surface area contributed by atoms with Gasteiger partial charge < -0.3 is 4.74 Å². The second-order valence-electron chi connectivity index (χ2n) is 5.33. The summed E-state index contributed by atoms with van der Waals surface area (Å²) in [7, 11) is 0. The molecule has 3 aromatic rings. The third kappa shape index (κ3) is 3.41. The Morgan fingerprint density at radius 1 is 1.15 bits per heavy atom. The Bertz CT molecular complexity index is 940. The molecule has 0 radical (unpaired) electrons. The molecule has 0 saturated carbocycles. The van der Waals surface area contributed by atoms with Crippen molar-refractivity contribution in [2.45, 2.75) is 25.6 Å². The normalized spacial score (nSPS) is 13.4. The summed E-state index contributed by atoms with van der Waals surface area (Å²) >= 11 is 0. The highest BCUT2D eigenvalue weighted by atomic mass is 19.4. The number of nitrogens with zero attached hydrogens (tertiary/aromatic N) is 4. The summed E-state index contributed by atoms with van der Waals surface area (Å²) in [5.74, 6) is -1.92. The molecule has 0 unspecified atom stereocenters. The second-order valence-corrected chi connectivity index (χ2v) is 5.33. The molecule has 138 valence electrons. The number of rotatable bonds is 4. The zero-order valence-electron chi connectivity index (χ0n) is 13.0. The van der Waals surface area contributed by atoms with Gasteiger partial charge >= 0.3 is 6.18 Å². The van der Waals surface area contributed by atoms with Crippen molar-refractivity contribution in [2.75, 3.05) is 0 Å². The first-order valence-electron chi connectivity index (χ1n) is 7.19. The van der Waals surface area contributed by atoms with Crippen LogP contribution < -0.4 is 4.74 Å². The minimum atomic E-state index is -4.67. The Morgan fingerprint density at radius 3 is 2.50 bits per heavy atom. The molecule has 3 heterocycles. The van der Waals surface area contributed by atoms with E-state index in [1.165, 1.54) is 18.3 Å². The third-order valence-electron chi connectivity index (χ3n) is 3.54. The van der Waals surface area contributed by atoms with Crippen LogP contribution in [0.1, 0.15) is 19.0 Å². The van der Waals surface area contributed by atoms with Gasteiger partial charge in [-0.15, -0.1) is 5.10 Å². The lowest BCUT2D eigenvalue weighted by Gasteiger charge is -2.17. The van der Waals surface area contributed by atoms with E-state index in [0.717, 1.165) is 23.7 Å². The lowest BCUT2D eigenvalue weighted by molar-refractivity contribution is -0.190. The molecule has 1 atom stereocenters. The molecule has 0 aliphatic rings. The minimum Gasteiger partial charge on any atom is -0.463 e. The Morgan fingerprint density at radius 2 is 1.88 bits per heavy atom. The number of aromatic nitrogens is 4. The molecule has 0 N–H and O–H groups in total. The highest BCUT2D eigenvalue weighted by molar-refractivity contribution is 5.69. The first kappa shape index (κ1) is 18.0. The van der Waals surface area contributed by atoms with Gasteiger partial charge in [0.25, 0.3) is 12.3 Å². The highest BCUT2D eigenvalue weighted by Gasteiger charge is 2.38. The van der Waals surface area contributed by atoms with E-state index < -0.39 is 36.1 Å². The van der Waals surface area contributed by atoms with Gasteiger partial charge in [-0.2, -0.15) is 13.2 Å². The van der Waals surface area contributed by atoms with E-state index in [9.17, 15) is 26.3 Å². The van der Waals surface area contributed by atoms with Crippen LogP contribution in [0.25, 0.3) is 16.6 Å². The van der Waals surface area contributed by atoms with Crippen molar-refractivity contribution in [2.24, 2.45) is 0 Å². The zero-order chi connectivity index (χ0) is 19.1. The second kappa shape index (κ2) is 6.46. The first-order valence-corrected chi connectivity index (χ1v) is 7.19. The predicted molar refractivity (Wildman–Crippen MR) is 77.3 cm³/mol. The van der Waals surface area contributed by atoms with Gasteiger partial charge in [-0.1, -0.05) is 5.21 Å². The summed E-state index contributed by atoms with van der Waals surface area (Å²) in [6.45, 7) is 0.724. The average molecular weight is 376 g/mol. The van der Waals surface area contributed by atoms with E-state index in [1.54, 1.807) is 0 Å². The van der Waals surface area contributed by atoms with Crippen molar-refractivity contribution in [1.82, 2.24) is 19.8 Å². The van der Waals surface area contributed by atoms with E-state index in [-0.39, 0.29) is 11.1 Å². The first-order chi connectivity index (χ1) is 12.2. The quantitative estimate of drug-likeness (QED) is 0.641. The summed E-state index contributed by atoms with van der Waals surface area (Å²) in [4.78, 5) is 3.55. The molecular formula is C15H10F6N4O. The lowest BCUT2D eigenvalue weighted by Crippen LogP contribution is -2.31.